The van der Waals surface area contributed by atoms with Crippen molar-refractivity contribution >= 4 is 23.2 Å². The Morgan fingerprint density at radius 3 is 2.27 bits per heavy atom. The number of ether oxygens (including phenoxy) is 3. The molecule has 0 bridgehead atoms. The average molecular weight is 416 g/mol. The van der Waals surface area contributed by atoms with Gasteiger partial charge in [0.15, 0.2) is 0 Å². The van der Waals surface area contributed by atoms with E-state index in [0.717, 1.165) is 6.42 Å². The number of hydrogen-bond donors (Lipinski definition) is 2. The summed E-state index contributed by atoms with van der Waals surface area (Å²) >= 11 is 0. The zero-order valence-corrected chi connectivity index (χ0v) is 17.0. The van der Waals surface area contributed by atoms with Crippen molar-refractivity contribution in [1.82, 2.24) is 0 Å². The fraction of sp³-hybridized carbons (Fsp3) is 0.364. The van der Waals surface area contributed by atoms with Gasteiger partial charge in [0.05, 0.1) is 30.2 Å². The first-order chi connectivity index (χ1) is 14.5. The van der Waals surface area contributed by atoms with Crippen LogP contribution >= 0.6 is 0 Å². The summed E-state index contributed by atoms with van der Waals surface area (Å²) < 4.78 is 30.7. The molecule has 2 amide bonds. The molecular formula is C22H25FN2O5. The highest BCUT2D eigenvalue weighted by Crippen LogP contribution is 2.37. The number of rotatable bonds is 8. The Kier molecular flexibility index (Phi) is 7.24. The van der Waals surface area contributed by atoms with Crippen LogP contribution in [0.2, 0.25) is 0 Å². The van der Waals surface area contributed by atoms with E-state index in [0.29, 0.717) is 49.1 Å². The minimum absolute atomic E-state index is 0.0892. The monoisotopic (exact) mass is 416 g/mol. The molecule has 0 aromatic heterocycles. The molecule has 1 aliphatic rings. The maximum Gasteiger partial charge on any atom is 0.258 e. The van der Waals surface area contributed by atoms with Crippen LogP contribution in [0.15, 0.2) is 36.4 Å². The van der Waals surface area contributed by atoms with E-state index in [-0.39, 0.29) is 11.5 Å². The van der Waals surface area contributed by atoms with Crippen molar-refractivity contribution in [2.75, 3.05) is 30.5 Å². The van der Waals surface area contributed by atoms with Crippen molar-refractivity contribution < 1.29 is 28.2 Å². The van der Waals surface area contributed by atoms with E-state index in [2.05, 4.69) is 10.6 Å². The summed E-state index contributed by atoms with van der Waals surface area (Å²) in [5.74, 6) is -0.824. The predicted molar refractivity (Wildman–Crippen MR) is 111 cm³/mol. The molecule has 0 spiro atoms. The van der Waals surface area contributed by atoms with E-state index in [1.807, 2.05) is 0 Å². The smallest absolute Gasteiger partial charge is 0.258 e. The normalized spacial score (nSPS) is 15.5. The van der Waals surface area contributed by atoms with Gasteiger partial charge >= 0.3 is 0 Å². The van der Waals surface area contributed by atoms with E-state index < -0.39 is 17.8 Å². The number of carbonyl (C=O) groups is 2. The van der Waals surface area contributed by atoms with Gasteiger partial charge in [-0.25, -0.2) is 4.39 Å². The summed E-state index contributed by atoms with van der Waals surface area (Å²) in [7, 11) is 0. The van der Waals surface area contributed by atoms with Gasteiger partial charge in [0.25, 0.3) is 11.8 Å². The van der Waals surface area contributed by atoms with E-state index >= 15 is 0 Å². The first kappa shape index (κ1) is 21.6. The highest BCUT2D eigenvalue weighted by atomic mass is 19.1. The highest BCUT2D eigenvalue weighted by Gasteiger charge is 2.25. The molecule has 30 heavy (non-hydrogen) atoms. The van der Waals surface area contributed by atoms with Gasteiger partial charge in [-0.3, -0.25) is 9.59 Å². The van der Waals surface area contributed by atoms with Crippen molar-refractivity contribution in [3.63, 3.8) is 0 Å². The lowest BCUT2D eigenvalue weighted by molar-refractivity contribution is -0.124. The molecule has 0 aliphatic carbocycles. The van der Waals surface area contributed by atoms with Gasteiger partial charge in [0, 0.05) is 18.7 Å². The highest BCUT2D eigenvalue weighted by molar-refractivity contribution is 6.06. The predicted octanol–water partition coefficient (Wildman–Crippen LogP) is 3.99. The number of anilines is 2. The average Bonchev–Trinajstić information content (AvgIpc) is 3.26. The van der Waals surface area contributed by atoms with E-state index in [4.69, 9.17) is 14.2 Å². The second-order valence-electron chi connectivity index (χ2n) is 6.64. The summed E-state index contributed by atoms with van der Waals surface area (Å²) in [6.07, 6.45) is 0.988. The topological polar surface area (TPSA) is 85.9 Å². The molecule has 0 radical (unpaired) electrons. The molecule has 1 heterocycles. The van der Waals surface area contributed by atoms with Crippen molar-refractivity contribution in [2.45, 2.75) is 32.8 Å². The summed E-state index contributed by atoms with van der Waals surface area (Å²) in [5, 5.41) is 5.48. The Hall–Kier alpha value is -3.13. The number of benzene rings is 2. The fourth-order valence-electron chi connectivity index (χ4n) is 3.14. The van der Waals surface area contributed by atoms with Gasteiger partial charge in [0.1, 0.15) is 23.4 Å². The Morgan fingerprint density at radius 1 is 1.07 bits per heavy atom. The Morgan fingerprint density at radius 2 is 1.70 bits per heavy atom. The molecule has 160 valence electrons. The van der Waals surface area contributed by atoms with Crippen LogP contribution in [0.3, 0.4) is 0 Å². The van der Waals surface area contributed by atoms with Crippen molar-refractivity contribution in [3.05, 3.63) is 47.8 Å². The molecule has 1 fully saturated rings. The van der Waals surface area contributed by atoms with Gasteiger partial charge in [-0.15, -0.1) is 0 Å². The molecule has 2 aromatic rings. The van der Waals surface area contributed by atoms with Crippen molar-refractivity contribution in [1.29, 1.82) is 0 Å². The molecule has 1 unspecified atom stereocenters. The summed E-state index contributed by atoms with van der Waals surface area (Å²) in [6.45, 7) is 4.83. The quantitative estimate of drug-likeness (QED) is 0.680. The molecular weight excluding hydrogens is 391 g/mol. The number of amides is 2. The second kappa shape index (κ2) is 10.1. The van der Waals surface area contributed by atoms with Crippen LogP contribution in [0.25, 0.3) is 0 Å². The van der Waals surface area contributed by atoms with Crippen LogP contribution in [0.4, 0.5) is 15.8 Å². The summed E-state index contributed by atoms with van der Waals surface area (Å²) in [6, 6.07) is 8.84. The molecule has 0 saturated carbocycles. The third kappa shape index (κ3) is 5.07. The minimum atomic E-state index is -0.626. The maximum atomic E-state index is 14.0. The lowest BCUT2D eigenvalue weighted by Crippen LogP contribution is -2.27. The Labute approximate surface area is 174 Å². The number of carbonyl (C=O) groups excluding carboxylic acids is 2. The van der Waals surface area contributed by atoms with Gasteiger partial charge in [-0.2, -0.15) is 0 Å². The largest absolute Gasteiger partial charge is 0.492 e. The fourth-order valence-corrected chi connectivity index (χ4v) is 3.14. The Balaban J connectivity index is 1.90. The van der Waals surface area contributed by atoms with Gasteiger partial charge in [-0.1, -0.05) is 12.1 Å². The molecule has 2 aromatic carbocycles. The van der Waals surface area contributed by atoms with Crippen LogP contribution in [-0.2, 0) is 9.53 Å². The minimum Gasteiger partial charge on any atom is -0.492 e. The first-order valence-corrected chi connectivity index (χ1v) is 9.95. The zero-order chi connectivity index (χ0) is 21.5. The van der Waals surface area contributed by atoms with E-state index in [1.54, 1.807) is 32.0 Å². The number of halogens is 1. The lowest BCUT2D eigenvalue weighted by Gasteiger charge is -2.19. The molecule has 3 rings (SSSR count). The van der Waals surface area contributed by atoms with Crippen LogP contribution in [0.1, 0.15) is 37.0 Å². The molecule has 8 heteroatoms. The van der Waals surface area contributed by atoms with Crippen LogP contribution < -0.4 is 20.1 Å². The summed E-state index contributed by atoms with van der Waals surface area (Å²) in [4.78, 5) is 25.0. The Bertz CT molecular complexity index is 912. The molecule has 1 aliphatic heterocycles. The first-order valence-electron chi connectivity index (χ1n) is 9.95. The van der Waals surface area contributed by atoms with Crippen LogP contribution in [-0.4, -0.2) is 37.7 Å². The van der Waals surface area contributed by atoms with Crippen molar-refractivity contribution in [3.8, 4) is 11.5 Å². The third-order valence-corrected chi connectivity index (χ3v) is 4.53. The van der Waals surface area contributed by atoms with Crippen LogP contribution in [0.5, 0.6) is 11.5 Å². The molecule has 1 atom stereocenters. The zero-order valence-electron chi connectivity index (χ0n) is 17.0. The molecule has 7 nitrogen and oxygen atoms in total. The van der Waals surface area contributed by atoms with Gasteiger partial charge in [-0.05, 0) is 38.8 Å². The number of nitrogens with one attached hydrogen (secondary N) is 2. The molecule has 1 saturated heterocycles. The summed E-state index contributed by atoms with van der Waals surface area (Å²) in [5.41, 5.74) is 0.627. The van der Waals surface area contributed by atoms with Crippen LogP contribution in [0, 0.1) is 5.82 Å². The van der Waals surface area contributed by atoms with E-state index in [1.165, 1.54) is 18.2 Å². The van der Waals surface area contributed by atoms with Crippen molar-refractivity contribution in [2.24, 2.45) is 0 Å². The van der Waals surface area contributed by atoms with E-state index in [9.17, 15) is 14.0 Å². The molecule has 2 N–H and O–H groups in total. The number of hydrogen-bond acceptors (Lipinski definition) is 5. The SMILES string of the molecule is CCOc1cc(NC(=O)C2CCCO2)c(OCC)cc1NC(=O)c1ccccc1F. The standard InChI is InChI=1S/C22H25FN2O5/c1-3-28-19-13-17(25-22(27)18-10-7-11-30-18)20(29-4-2)12-16(19)24-21(26)14-8-5-6-9-15(14)23/h5-6,8-9,12-13,18H,3-4,7,10-11H2,1-2H3,(H,24,26)(H,25,27). The third-order valence-electron chi connectivity index (χ3n) is 4.53. The second-order valence-corrected chi connectivity index (χ2v) is 6.64. The van der Waals surface area contributed by atoms with Gasteiger partial charge < -0.3 is 24.8 Å². The van der Waals surface area contributed by atoms with Gasteiger partial charge in [0.2, 0.25) is 0 Å². The lowest BCUT2D eigenvalue weighted by atomic mass is 10.1. The maximum absolute atomic E-state index is 14.0.